The van der Waals surface area contributed by atoms with Gasteiger partial charge in [0.25, 0.3) is 5.91 Å². The van der Waals surface area contributed by atoms with Gasteiger partial charge in [-0.15, -0.1) is 0 Å². The predicted molar refractivity (Wildman–Crippen MR) is 78.4 cm³/mol. The molecule has 0 saturated carbocycles. The van der Waals surface area contributed by atoms with E-state index >= 15 is 0 Å². The zero-order valence-corrected chi connectivity index (χ0v) is 12.0. The number of hydrogen-bond acceptors (Lipinski definition) is 6. The number of β-amino-alcohol motifs (C(OH)–C–C–N with tert-alkyl or cyclic N) is 1. The molecule has 1 fully saturated rings. The molecule has 2 aromatic rings. The maximum absolute atomic E-state index is 12.2. The third-order valence-electron chi connectivity index (χ3n) is 3.44. The van der Waals surface area contributed by atoms with E-state index in [9.17, 15) is 9.90 Å². The molecule has 0 spiro atoms. The molecule has 1 aromatic carbocycles. The van der Waals surface area contributed by atoms with Crippen LogP contribution >= 0.6 is 0 Å². The van der Waals surface area contributed by atoms with Crippen molar-refractivity contribution in [3.05, 3.63) is 30.6 Å². The smallest absolute Gasteiger partial charge is 0.260 e. The minimum absolute atomic E-state index is 0.131. The zero-order chi connectivity index (χ0) is 15.4. The number of carbonyl (C=O) groups is 1. The van der Waals surface area contributed by atoms with Gasteiger partial charge in [-0.05, 0) is 12.1 Å². The number of fused-ring (bicyclic) bond motifs is 1. The van der Waals surface area contributed by atoms with Crippen molar-refractivity contribution < 1.29 is 19.4 Å². The SMILES string of the molecule is O=C(COc1ncnc2ccccc12)N1CCOC[C@@H](O)C1. The number of rotatable bonds is 3. The van der Waals surface area contributed by atoms with Crippen molar-refractivity contribution in [2.75, 3.05) is 32.9 Å². The quantitative estimate of drug-likeness (QED) is 0.873. The Labute approximate surface area is 127 Å². The van der Waals surface area contributed by atoms with Crippen LogP contribution in [0.25, 0.3) is 10.9 Å². The second-order valence-corrected chi connectivity index (χ2v) is 5.05. The van der Waals surface area contributed by atoms with Crippen molar-refractivity contribution in [2.45, 2.75) is 6.10 Å². The molecule has 7 nitrogen and oxygen atoms in total. The lowest BCUT2D eigenvalue weighted by Crippen LogP contribution is -2.40. The first kappa shape index (κ1) is 14.7. The average molecular weight is 303 g/mol. The number of para-hydroxylation sites is 1. The molecule has 1 aliphatic rings. The van der Waals surface area contributed by atoms with Crippen molar-refractivity contribution in [1.82, 2.24) is 14.9 Å². The van der Waals surface area contributed by atoms with Gasteiger partial charge >= 0.3 is 0 Å². The molecule has 1 aliphatic heterocycles. The fourth-order valence-corrected chi connectivity index (χ4v) is 2.34. The van der Waals surface area contributed by atoms with Crippen molar-refractivity contribution in [3.8, 4) is 5.88 Å². The topological polar surface area (TPSA) is 84.8 Å². The first-order valence-corrected chi connectivity index (χ1v) is 7.10. The molecule has 0 radical (unpaired) electrons. The van der Waals surface area contributed by atoms with Gasteiger partial charge in [0.2, 0.25) is 5.88 Å². The third-order valence-corrected chi connectivity index (χ3v) is 3.44. The minimum Gasteiger partial charge on any atom is -0.467 e. The Balaban J connectivity index is 1.67. The number of amides is 1. The summed E-state index contributed by atoms with van der Waals surface area (Å²) in [4.78, 5) is 22.0. The predicted octanol–water partition coefficient (Wildman–Crippen LogP) is 0.228. The highest BCUT2D eigenvalue weighted by atomic mass is 16.5. The van der Waals surface area contributed by atoms with Gasteiger partial charge in [0.15, 0.2) is 6.61 Å². The molecule has 22 heavy (non-hydrogen) atoms. The van der Waals surface area contributed by atoms with Gasteiger partial charge < -0.3 is 19.5 Å². The Morgan fingerprint density at radius 2 is 2.27 bits per heavy atom. The van der Waals surface area contributed by atoms with Gasteiger partial charge in [-0.2, -0.15) is 0 Å². The molecular formula is C15H17N3O4. The lowest BCUT2D eigenvalue weighted by Gasteiger charge is -2.21. The Morgan fingerprint density at radius 1 is 1.41 bits per heavy atom. The molecule has 0 aliphatic carbocycles. The number of benzene rings is 1. The normalized spacial score (nSPS) is 19.0. The maximum atomic E-state index is 12.2. The highest BCUT2D eigenvalue weighted by Crippen LogP contribution is 2.20. The van der Waals surface area contributed by atoms with Gasteiger partial charge in [-0.1, -0.05) is 12.1 Å². The Kier molecular flexibility index (Phi) is 4.45. The van der Waals surface area contributed by atoms with Gasteiger partial charge in [0, 0.05) is 13.1 Å². The number of nitrogens with zero attached hydrogens (tertiary/aromatic N) is 3. The van der Waals surface area contributed by atoms with Crippen molar-refractivity contribution in [2.24, 2.45) is 0 Å². The number of ether oxygens (including phenoxy) is 2. The summed E-state index contributed by atoms with van der Waals surface area (Å²) in [6.07, 6.45) is 0.748. The largest absolute Gasteiger partial charge is 0.467 e. The van der Waals surface area contributed by atoms with E-state index in [0.29, 0.717) is 19.0 Å². The summed E-state index contributed by atoms with van der Waals surface area (Å²) in [5, 5.41) is 10.4. The summed E-state index contributed by atoms with van der Waals surface area (Å²) in [5.41, 5.74) is 0.763. The number of aromatic nitrogens is 2. The van der Waals surface area contributed by atoms with Crippen LogP contribution in [0.1, 0.15) is 0 Å². The zero-order valence-electron chi connectivity index (χ0n) is 12.0. The monoisotopic (exact) mass is 303 g/mol. The summed E-state index contributed by atoms with van der Waals surface area (Å²) < 4.78 is 10.7. The van der Waals surface area contributed by atoms with Crippen LogP contribution in [-0.2, 0) is 9.53 Å². The molecule has 0 bridgehead atoms. The molecule has 1 N–H and O–H groups in total. The lowest BCUT2D eigenvalue weighted by molar-refractivity contribution is -0.134. The molecule has 1 saturated heterocycles. The van der Waals surface area contributed by atoms with Crippen LogP contribution in [0.5, 0.6) is 5.88 Å². The summed E-state index contributed by atoms with van der Waals surface area (Å²) in [7, 11) is 0. The lowest BCUT2D eigenvalue weighted by atomic mass is 10.2. The van der Waals surface area contributed by atoms with E-state index < -0.39 is 6.10 Å². The number of hydrogen-bond donors (Lipinski definition) is 1. The van der Waals surface area contributed by atoms with E-state index in [-0.39, 0.29) is 25.7 Å². The average Bonchev–Trinajstić information content (AvgIpc) is 2.77. The first-order chi connectivity index (χ1) is 10.7. The molecule has 1 amide bonds. The van der Waals surface area contributed by atoms with E-state index in [2.05, 4.69) is 9.97 Å². The van der Waals surface area contributed by atoms with Crippen LogP contribution in [0.4, 0.5) is 0 Å². The Hall–Kier alpha value is -2.25. The van der Waals surface area contributed by atoms with Gasteiger partial charge in [0.05, 0.1) is 30.2 Å². The summed E-state index contributed by atoms with van der Waals surface area (Å²) in [6, 6.07) is 7.44. The maximum Gasteiger partial charge on any atom is 0.260 e. The first-order valence-electron chi connectivity index (χ1n) is 7.10. The second kappa shape index (κ2) is 6.67. The van der Waals surface area contributed by atoms with E-state index in [0.717, 1.165) is 10.9 Å². The van der Waals surface area contributed by atoms with Crippen molar-refractivity contribution in [1.29, 1.82) is 0 Å². The summed E-state index contributed by atoms with van der Waals surface area (Å²) in [5.74, 6) is 0.179. The van der Waals surface area contributed by atoms with Crippen LogP contribution < -0.4 is 4.74 Å². The number of aliphatic hydroxyl groups is 1. The van der Waals surface area contributed by atoms with Gasteiger partial charge in [-0.25, -0.2) is 9.97 Å². The molecule has 1 atom stereocenters. The second-order valence-electron chi connectivity index (χ2n) is 5.05. The molecule has 116 valence electrons. The molecule has 7 heteroatoms. The van der Waals surface area contributed by atoms with Crippen LogP contribution in [0.3, 0.4) is 0 Å². The molecule has 0 unspecified atom stereocenters. The number of carbonyl (C=O) groups excluding carboxylic acids is 1. The fourth-order valence-electron chi connectivity index (χ4n) is 2.34. The molecule has 2 heterocycles. The Morgan fingerprint density at radius 3 is 3.18 bits per heavy atom. The Bertz CT molecular complexity index is 659. The van der Waals surface area contributed by atoms with E-state index in [4.69, 9.17) is 9.47 Å². The van der Waals surface area contributed by atoms with Crippen LogP contribution in [-0.4, -0.2) is 64.9 Å². The third kappa shape index (κ3) is 3.32. The van der Waals surface area contributed by atoms with Crippen molar-refractivity contribution in [3.63, 3.8) is 0 Å². The van der Waals surface area contributed by atoms with E-state index in [1.54, 1.807) is 4.90 Å². The summed E-state index contributed by atoms with van der Waals surface area (Å²) >= 11 is 0. The van der Waals surface area contributed by atoms with Crippen molar-refractivity contribution >= 4 is 16.8 Å². The van der Waals surface area contributed by atoms with Crippen LogP contribution in [0.2, 0.25) is 0 Å². The fraction of sp³-hybridized carbons (Fsp3) is 0.400. The molecule has 1 aromatic heterocycles. The minimum atomic E-state index is -0.661. The van der Waals surface area contributed by atoms with Crippen LogP contribution in [0.15, 0.2) is 30.6 Å². The summed E-state index contributed by atoms with van der Waals surface area (Å²) in [6.45, 7) is 1.24. The molecule has 3 rings (SSSR count). The standard InChI is InChI=1S/C15H17N3O4/c19-11-7-18(5-6-21-8-11)14(20)9-22-15-12-3-1-2-4-13(12)16-10-17-15/h1-4,10-11,19H,5-9H2/t11-/m0/s1. The highest BCUT2D eigenvalue weighted by Gasteiger charge is 2.21. The van der Waals surface area contributed by atoms with Gasteiger partial charge in [-0.3, -0.25) is 4.79 Å². The number of aliphatic hydroxyl groups excluding tert-OH is 1. The van der Waals surface area contributed by atoms with E-state index in [1.165, 1.54) is 6.33 Å². The molecular weight excluding hydrogens is 286 g/mol. The van der Waals surface area contributed by atoms with Crippen LogP contribution in [0, 0.1) is 0 Å². The highest BCUT2D eigenvalue weighted by molar-refractivity contribution is 5.84. The van der Waals surface area contributed by atoms with E-state index in [1.807, 2.05) is 24.3 Å². The van der Waals surface area contributed by atoms with Gasteiger partial charge in [0.1, 0.15) is 6.33 Å².